The zero-order valence-corrected chi connectivity index (χ0v) is 14.6. The Hall–Kier alpha value is -0.620. The van der Waals surface area contributed by atoms with Crippen LogP contribution in [0.4, 0.5) is 0 Å². The van der Waals surface area contributed by atoms with Gasteiger partial charge in [-0.3, -0.25) is 4.79 Å². The molecule has 112 valence electrons. The monoisotopic (exact) mass is 387 g/mol. The summed E-state index contributed by atoms with van der Waals surface area (Å²) >= 11 is 11.2. The number of nitrogens with one attached hydrogen (secondary N) is 1. The van der Waals surface area contributed by atoms with Crippen LogP contribution in [-0.2, 0) is 4.74 Å². The average molecular weight is 389 g/mol. The first-order valence-corrected chi connectivity index (χ1v) is 8.85. The molecule has 1 aromatic carbocycles. The van der Waals surface area contributed by atoms with Crippen molar-refractivity contribution in [1.29, 1.82) is 0 Å². The van der Waals surface area contributed by atoms with Gasteiger partial charge in [-0.2, -0.15) is 0 Å². The molecule has 0 saturated carbocycles. The van der Waals surface area contributed by atoms with Crippen molar-refractivity contribution in [2.24, 2.45) is 0 Å². The van der Waals surface area contributed by atoms with E-state index in [2.05, 4.69) is 21.2 Å². The van der Waals surface area contributed by atoms with Gasteiger partial charge in [0.2, 0.25) is 0 Å². The molecule has 1 saturated heterocycles. The van der Waals surface area contributed by atoms with Gasteiger partial charge in [0.25, 0.3) is 5.91 Å². The predicted octanol–water partition coefficient (Wildman–Crippen LogP) is 4.61. The number of halogens is 2. The largest absolute Gasteiger partial charge is 0.376 e. The first-order chi connectivity index (χ1) is 10.1. The van der Waals surface area contributed by atoms with Crippen molar-refractivity contribution in [1.82, 2.24) is 5.32 Å². The molecule has 1 aliphatic heterocycles. The van der Waals surface area contributed by atoms with Crippen molar-refractivity contribution in [2.45, 2.75) is 31.9 Å². The highest BCUT2D eigenvalue weighted by Crippen LogP contribution is 2.36. The van der Waals surface area contributed by atoms with Crippen LogP contribution in [0.2, 0.25) is 5.02 Å². The van der Waals surface area contributed by atoms with Gasteiger partial charge in [-0.15, -0.1) is 11.3 Å². The number of ether oxygens (including phenoxy) is 1. The van der Waals surface area contributed by atoms with E-state index in [1.54, 1.807) is 0 Å². The third kappa shape index (κ3) is 3.11. The number of carbonyl (C=O) groups is 1. The molecule has 1 N–H and O–H groups in total. The van der Waals surface area contributed by atoms with Gasteiger partial charge in [-0.1, -0.05) is 33.6 Å². The number of rotatable bonds is 3. The van der Waals surface area contributed by atoms with E-state index in [1.165, 1.54) is 11.3 Å². The molecular weight excluding hydrogens is 374 g/mol. The minimum absolute atomic E-state index is 0.00647. The molecule has 6 heteroatoms. The van der Waals surface area contributed by atoms with Crippen LogP contribution < -0.4 is 5.32 Å². The summed E-state index contributed by atoms with van der Waals surface area (Å²) in [6.45, 7) is 2.76. The highest BCUT2D eigenvalue weighted by Gasteiger charge is 2.25. The molecule has 0 spiro atoms. The Bertz CT molecular complexity index is 682. The summed E-state index contributed by atoms with van der Waals surface area (Å²) in [5, 5.41) is 4.45. The van der Waals surface area contributed by atoms with Crippen molar-refractivity contribution in [3.05, 3.63) is 32.6 Å². The Kier molecular flexibility index (Phi) is 4.54. The lowest BCUT2D eigenvalue weighted by molar-refractivity contribution is 0.0715. The fraction of sp³-hybridized carbons (Fsp3) is 0.400. The molecule has 1 amide bonds. The van der Waals surface area contributed by atoms with Crippen molar-refractivity contribution in [3.63, 3.8) is 0 Å². The zero-order valence-electron chi connectivity index (χ0n) is 11.5. The van der Waals surface area contributed by atoms with E-state index in [-0.39, 0.29) is 18.1 Å². The molecule has 3 nitrogen and oxygen atoms in total. The highest BCUT2D eigenvalue weighted by molar-refractivity contribution is 9.10. The maximum atomic E-state index is 12.4. The predicted molar refractivity (Wildman–Crippen MR) is 90.4 cm³/mol. The minimum Gasteiger partial charge on any atom is -0.376 e. The van der Waals surface area contributed by atoms with E-state index >= 15 is 0 Å². The standard InChI is InChI=1S/C15H15BrClNO2S/c1-8(11-3-2-6-20-11)18-15(19)14-13(17)10-5-4-9(16)7-12(10)21-14/h4-5,7-8,11H,2-3,6H2,1H3,(H,18,19)/t8-,11+/m1/s1. The second-order valence-corrected chi connectivity index (χ2v) is 7.55. The molecule has 2 heterocycles. The minimum atomic E-state index is -0.125. The SMILES string of the molecule is C[C@@H](NC(=O)c1sc2cc(Br)ccc2c1Cl)[C@@H]1CCCO1. The first kappa shape index (κ1) is 15.3. The topological polar surface area (TPSA) is 38.3 Å². The van der Waals surface area contributed by atoms with Gasteiger partial charge < -0.3 is 10.1 Å². The number of carbonyl (C=O) groups excluding carboxylic acids is 1. The van der Waals surface area contributed by atoms with E-state index in [0.717, 1.165) is 34.0 Å². The smallest absolute Gasteiger partial charge is 0.263 e. The maximum absolute atomic E-state index is 12.4. The molecular formula is C15H15BrClNO2S. The van der Waals surface area contributed by atoms with E-state index in [4.69, 9.17) is 16.3 Å². The maximum Gasteiger partial charge on any atom is 0.263 e. The lowest BCUT2D eigenvalue weighted by Gasteiger charge is -2.19. The van der Waals surface area contributed by atoms with Crippen molar-refractivity contribution in [3.8, 4) is 0 Å². The Morgan fingerprint density at radius 3 is 3.10 bits per heavy atom. The summed E-state index contributed by atoms with van der Waals surface area (Å²) in [6, 6.07) is 5.83. The molecule has 1 aliphatic rings. The summed E-state index contributed by atoms with van der Waals surface area (Å²) in [5.41, 5.74) is 0. The number of benzene rings is 1. The second-order valence-electron chi connectivity index (χ2n) is 5.20. The van der Waals surface area contributed by atoms with Gasteiger partial charge >= 0.3 is 0 Å². The fourth-order valence-corrected chi connectivity index (χ4v) is 4.52. The number of fused-ring (bicyclic) bond motifs is 1. The van der Waals surface area contributed by atoms with Gasteiger partial charge in [-0.05, 0) is 31.9 Å². The summed E-state index contributed by atoms with van der Waals surface area (Å²) in [4.78, 5) is 13.0. The summed E-state index contributed by atoms with van der Waals surface area (Å²) in [7, 11) is 0. The summed E-state index contributed by atoms with van der Waals surface area (Å²) in [6.07, 6.45) is 2.16. The lowest BCUT2D eigenvalue weighted by atomic mass is 10.1. The lowest BCUT2D eigenvalue weighted by Crippen LogP contribution is -2.40. The molecule has 0 radical (unpaired) electrons. The van der Waals surface area contributed by atoms with Gasteiger partial charge in [0.05, 0.1) is 17.2 Å². The molecule has 1 fully saturated rings. The van der Waals surface area contributed by atoms with Crippen LogP contribution in [0.15, 0.2) is 22.7 Å². The summed E-state index contributed by atoms with van der Waals surface area (Å²) in [5.74, 6) is -0.125. The van der Waals surface area contributed by atoms with Crippen LogP contribution in [0.5, 0.6) is 0 Å². The fourth-order valence-electron chi connectivity index (χ4n) is 2.55. The molecule has 0 aliphatic carbocycles. The van der Waals surface area contributed by atoms with E-state index in [9.17, 15) is 4.79 Å². The third-order valence-electron chi connectivity index (χ3n) is 3.68. The molecule has 3 rings (SSSR count). The van der Waals surface area contributed by atoms with Gasteiger partial charge in [-0.25, -0.2) is 0 Å². The van der Waals surface area contributed by atoms with Crippen LogP contribution in [0.1, 0.15) is 29.4 Å². The first-order valence-electron chi connectivity index (χ1n) is 6.86. The second kappa shape index (κ2) is 6.24. The van der Waals surface area contributed by atoms with Gasteiger partial charge in [0, 0.05) is 21.2 Å². The van der Waals surface area contributed by atoms with Crippen molar-refractivity contribution < 1.29 is 9.53 Å². The molecule has 2 atom stereocenters. The van der Waals surface area contributed by atoms with Crippen LogP contribution in [0.25, 0.3) is 10.1 Å². The van der Waals surface area contributed by atoms with Gasteiger partial charge in [0.1, 0.15) is 4.88 Å². The van der Waals surface area contributed by atoms with Crippen LogP contribution in [-0.4, -0.2) is 24.7 Å². The number of hydrogen-bond donors (Lipinski definition) is 1. The molecule has 2 aromatic rings. The zero-order chi connectivity index (χ0) is 15.0. The quantitative estimate of drug-likeness (QED) is 0.833. The Morgan fingerprint density at radius 1 is 1.57 bits per heavy atom. The average Bonchev–Trinajstić information content (AvgIpc) is 3.07. The number of thiophene rings is 1. The normalized spacial score (nSPS) is 19.9. The van der Waals surface area contributed by atoms with Gasteiger partial charge in [0.15, 0.2) is 0 Å². The third-order valence-corrected chi connectivity index (χ3v) is 5.83. The Balaban J connectivity index is 1.82. The molecule has 21 heavy (non-hydrogen) atoms. The molecule has 0 bridgehead atoms. The van der Waals surface area contributed by atoms with Crippen molar-refractivity contribution in [2.75, 3.05) is 6.61 Å². The van der Waals surface area contributed by atoms with E-state index < -0.39 is 0 Å². The van der Waals surface area contributed by atoms with Crippen molar-refractivity contribution >= 4 is 54.9 Å². The number of hydrogen-bond acceptors (Lipinski definition) is 3. The number of amides is 1. The van der Waals surface area contributed by atoms with E-state index in [0.29, 0.717) is 9.90 Å². The van der Waals surface area contributed by atoms with E-state index in [1.807, 2.05) is 25.1 Å². The molecule has 0 unspecified atom stereocenters. The van der Waals surface area contributed by atoms with Crippen LogP contribution in [0.3, 0.4) is 0 Å². The highest BCUT2D eigenvalue weighted by atomic mass is 79.9. The van der Waals surface area contributed by atoms with Crippen LogP contribution in [0, 0.1) is 0 Å². The Labute approximate surface area is 140 Å². The van der Waals surface area contributed by atoms with Crippen LogP contribution >= 0.6 is 38.9 Å². The Morgan fingerprint density at radius 2 is 2.38 bits per heavy atom. The summed E-state index contributed by atoms with van der Waals surface area (Å²) < 4.78 is 7.59. The molecule has 1 aromatic heterocycles.